The number of benzene rings is 2. The monoisotopic (exact) mass is 442 g/mol. The average Bonchev–Trinajstić information content (AvgIpc) is 3.21. The number of carbonyl (C=O) groups excluding carboxylic acids is 1. The number of likely N-dealkylation sites (N-methyl/N-ethyl adjacent to an activating group) is 1. The fraction of sp³-hybridized carbons (Fsp3) is 0.304. The number of rotatable bonds is 4. The van der Waals surface area contributed by atoms with Crippen LogP contribution >= 0.6 is 23.2 Å². The third-order valence-electron chi connectivity index (χ3n) is 5.74. The van der Waals surface area contributed by atoms with Crippen LogP contribution in [-0.4, -0.2) is 46.8 Å². The molecule has 0 radical (unpaired) electrons. The molecular formula is C23H24Cl2N4O. The fourth-order valence-corrected chi connectivity index (χ4v) is 4.37. The number of aryl methyl sites for hydroxylation is 1. The number of nitrogens with zero attached hydrogens (tertiary/aromatic N) is 3. The first-order valence-electron chi connectivity index (χ1n) is 9.99. The van der Waals surface area contributed by atoms with Crippen molar-refractivity contribution in [1.29, 1.82) is 0 Å². The Kier molecular flexibility index (Phi) is 6.14. The molecule has 1 N–H and O–H groups in total. The van der Waals surface area contributed by atoms with Gasteiger partial charge in [0.1, 0.15) is 0 Å². The molecule has 0 aliphatic carbocycles. The Balaban J connectivity index is 1.54. The highest BCUT2D eigenvalue weighted by atomic mass is 35.5. The number of aromatic nitrogens is 2. The van der Waals surface area contributed by atoms with Crippen LogP contribution in [0.25, 0.3) is 5.69 Å². The SMILES string of the molecule is Cc1ccn(-c2ccc(C(=O)N(C)[C@@H]3CCNC[C@H]3c3ccc(Cl)c(Cl)c3)cc2)n1. The summed E-state index contributed by atoms with van der Waals surface area (Å²) in [6.45, 7) is 3.61. The highest BCUT2D eigenvalue weighted by molar-refractivity contribution is 6.42. The predicted octanol–water partition coefficient (Wildman–Crippen LogP) is 4.71. The average molecular weight is 443 g/mol. The van der Waals surface area contributed by atoms with Crippen LogP contribution in [0.4, 0.5) is 0 Å². The van der Waals surface area contributed by atoms with E-state index in [2.05, 4.69) is 10.4 Å². The van der Waals surface area contributed by atoms with E-state index in [4.69, 9.17) is 23.2 Å². The lowest BCUT2D eigenvalue weighted by Crippen LogP contribution is -2.49. The number of nitrogens with one attached hydrogen (secondary N) is 1. The van der Waals surface area contributed by atoms with E-state index < -0.39 is 0 Å². The van der Waals surface area contributed by atoms with Crippen LogP contribution in [0.2, 0.25) is 10.0 Å². The minimum atomic E-state index is 0.00940. The smallest absolute Gasteiger partial charge is 0.253 e. The summed E-state index contributed by atoms with van der Waals surface area (Å²) >= 11 is 12.3. The molecule has 1 fully saturated rings. The third-order valence-corrected chi connectivity index (χ3v) is 6.48. The Morgan fingerprint density at radius 3 is 2.57 bits per heavy atom. The first-order valence-corrected chi connectivity index (χ1v) is 10.7. The number of hydrogen-bond donors (Lipinski definition) is 1. The molecule has 5 nitrogen and oxygen atoms in total. The molecule has 4 rings (SSSR count). The molecule has 7 heteroatoms. The van der Waals surface area contributed by atoms with Gasteiger partial charge < -0.3 is 10.2 Å². The summed E-state index contributed by atoms with van der Waals surface area (Å²) in [7, 11) is 1.88. The maximum absolute atomic E-state index is 13.2. The summed E-state index contributed by atoms with van der Waals surface area (Å²) in [6.07, 6.45) is 2.78. The summed E-state index contributed by atoms with van der Waals surface area (Å²) < 4.78 is 1.81. The first-order chi connectivity index (χ1) is 14.4. The molecule has 30 heavy (non-hydrogen) atoms. The quantitative estimate of drug-likeness (QED) is 0.636. The molecule has 2 atom stereocenters. The van der Waals surface area contributed by atoms with Crippen molar-refractivity contribution in [1.82, 2.24) is 20.0 Å². The van der Waals surface area contributed by atoms with Crippen molar-refractivity contribution in [3.05, 3.63) is 81.6 Å². The molecule has 0 saturated carbocycles. The predicted molar refractivity (Wildman–Crippen MR) is 121 cm³/mol. The van der Waals surface area contributed by atoms with E-state index in [0.717, 1.165) is 36.5 Å². The topological polar surface area (TPSA) is 50.2 Å². The van der Waals surface area contributed by atoms with E-state index in [9.17, 15) is 4.79 Å². The van der Waals surface area contributed by atoms with Gasteiger partial charge in [-0.1, -0.05) is 29.3 Å². The molecule has 1 aromatic heterocycles. The van der Waals surface area contributed by atoms with Gasteiger partial charge in [0, 0.05) is 37.3 Å². The largest absolute Gasteiger partial charge is 0.338 e. The lowest BCUT2D eigenvalue weighted by Gasteiger charge is -2.39. The Labute approximate surface area is 186 Å². The Morgan fingerprint density at radius 2 is 1.90 bits per heavy atom. The normalized spacial score (nSPS) is 18.9. The van der Waals surface area contributed by atoms with Crippen molar-refractivity contribution < 1.29 is 4.79 Å². The van der Waals surface area contributed by atoms with Crippen LogP contribution in [0.15, 0.2) is 54.7 Å². The van der Waals surface area contributed by atoms with Crippen molar-refractivity contribution in [2.45, 2.75) is 25.3 Å². The Morgan fingerprint density at radius 1 is 1.13 bits per heavy atom. The lowest BCUT2D eigenvalue weighted by molar-refractivity contribution is 0.0679. The number of amides is 1. The minimum Gasteiger partial charge on any atom is -0.338 e. The van der Waals surface area contributed by atoms with Crippen LogP contribution < -0.4 is 5.32 Å². The summed E-state index contributed by atoms with van der Waals surface area (Å²) in [5, 5.41) is 8.93. The van der Waals surface area contributed by atoms with Crippen molar-refractivity contribution in [3.63, 3.8) is 0 Å². The van der Waals surface area contributed by atoms with Crippen molar-refractivity contribution in [3.8, 4) is 5.69 Å². The van der Waals surface area contributed by atoms with Crippen molar-refractivity contribution in [2.75, 3.05) is 20.1 Å². The zero-order valence-electron chi connectivity index (χ0n) is 17.0. The number of piperidine rings is 1. The molecule has 1 amide bonds. The molecule has 0 bridgehead atoms. The summed E-state index contributed by atoms with van der Waals surface area (Å²) in [4.78, 5) is 15.1. The van der Waals surface area contributed by atoms with Gasteiger partial charge in [-0.15, -0.1) is 0 Å². The third kappa shape index (κ3) is 4.24. The van der Waals surface area contributed by atoms with Gasteiger partial charge in [0.15, 0.2) is 0 Å². The van der Waals surface area contributed by atoms with Crippen molar-refractivity contribution >= 4 is 29.1 Å². The maximum Gasteiger partial charge on any atom is 0.253 e. The highest BCUT2D eigenvalue weighted by Crippen LogP contribution is 2.32. The Hall–Kier alpha value is -2.34. The van der Waals surface area contributed by atoms with Crippen LogP contribution in [0.5, 0.6) is 0 Å². The van der Waals surface area contributed by atoms with E-state index in [1.807, 2.05) is 73.6 Å². The van der Waals surface area contributed by atoms with E-state index in [-0.39, 0.29) is 17.9 Å². The van der Waals surface area contributed by atoms with Gasteiger partial charge in [-0.2, -0.15) is 5.10 Å². The lowest BCUT2D eigenvalue weighted by atomic mass is 9.85. The van der Waals surface area contributed by atoms with Gasteiger partial charge in [0.25, 0.3) is 5.91 Å². The van der Waals surface area contributed by atoms with E-state index in [0.29, 0.717) is 15.6 Å². The molecule has 2 aromatic carbocycles. The summed E-state index contributed by atoms with van der Waals surface area (Å²) in [6, 6.07) is 15.3. The second-order valence-corrected chi connectivity index (χ2v) is 8.52. The molecule has 0 unspecified atom stereocenters. The molecule has 3 aromatic rings. The first kappa shape index (κ1) is 20.9. The molecule has 2 heterocycles. The molecule has 0 spiro atoms. The zero-order chi connectivity index (χ0) is 21.3. The maximum atomic E-state index is 13.2. The standard InChI is InChI=1S/C23H24Cl2N4O/c1-15-10-12-29(27-15)18-6-3-16(4-7-18)23(30)28(2)22-9-11-26-14-19(22)17-5-8-20(24)21(25)13-17/h3-8,10,12-13,19,22,26H,9,11,14H2,1-2H3/t19-,22+/m0/s1. The second-order valence-electron chi connectivity index (χ2n) is 7.70. The van der Waals surface area contributed by atoms with Crippen molar-refractivity contribution in [2.24, 2.45) is 0 Å². The van der Waals surface area contributed by atoms with Gasteiger partial charge in [0.05, 0.1) is 21.4 Å². The van der Waals surface area contributed by atoms with Gasteiger partial charge in [0.2, 0.25) is 0 Å². The Bertz CT molecular complexity index is 1050. The second kappa shape index (κ2) is 8.80. The number of halogens is 2. The van der Waals surface area contributed by atoms with Gasteiger partial charge in [-0.05, 0) is 67.9 Å². The van der Waals surface area contributed by atoms with Gasteiger partial charge in [-0.3, -0.25) is 4.79 Å². The van der Waals surface area contributed by atoms with Crippen LogP contribution in [0.1, 0.15) is 34.0 Å². The zero-order valence-corrected chi connectivity index (χ0v) is 18.5. The molecule has 1 aliphatic heterocycles. The van der Waals surface area contributed by atoms with E-state index in [1.165, 1.54) is 0 Å². The highest BCUT2D eigenvalue weighted by Gasteiger charge is 2.32. The number of carbonyl (C=O) groups is 1. The van der Waals surface area contributed by atoms with Crippen LogP contribution in [0.3, 0.4) is 0 Å². The summed E-state index contributed by atoms with van der Waals surface area (Å²) in [5.41, 5.74) is 3.63. The van der Waals surface area contributed by atoms with Gasteiger partial charge in [-0.25, -0.2) is 4.68 Å². The minimum absolute atomic E-state index is 0.00940. The number of hydrogen-bond acceptors (Lipinski definition) is 3. The van der Waals surface area contributed by atoms with Gasteiger partial charge >= 0.3 is 0 Å². The molecule has 1 saturated heterocycles. The molecule has 1 aliphatic rings. The van der Waals surface area contributed by atoms with Crippen LogP contribution in [-0.2, 0) is 0 Å². The molecular weight excluding hydrogens is 419 g/mol. The fourth-order valence-electron chi connectivity index (χ4n) is 4.06. The van der Waals surface area contributed by atoms with E-state index >= 15 is 0 Å². The summed E-state index contributed by atoms with van der Waals surface area (Å²) in [5.74, 6) is 0.156. The molecule has 156 valence electrons. The van der Waals surface area contributed by atoms with Crippen LogP contribution in [0, 0.1) is 6.92 Å². The van der Waals surface area contributed by atoms with E-state index in [1.54, 1.807) is 4.68 Å².